The highest BCUT2D eigenvalue weighted by Gasteiger charge is 2.49. The zero-order valence-corrected chi connectivity index (χ0v) is 44.3. The van der Waals surface area contributed by atoms with E-state index in [0.29, 0.717) is 37.4 Å². The van der Waals surface area contributed by atoms with Crippen LogP contribution in [0.5, 0.6) is 23.4 Å². The topological polar surface area (TPSA) is 167 Å². The fourth-order valence-corrected chi connectivity index (χ4v) is 10.0. The number of rotatable bonds is 14. The maximum Gasteiger partial charge on any atom is 0.425 e. The minimum Gasteiger partial charge on any atom is -0.497 e. The predicted octanol–water partition coefficient (Wildman–Crippen LogP) is 10.7. The van der Waals surface area contributed by atoms with Gasteiger partial charge in [0.1, 0.15) is 70.3 Å². The van der Waals surface area contributed by atoms with Gasteiger partial charge in [-0.1, -0.05) is 30.3 Å². The average Bonchev–Trinajstić information content (AvgIpc) is 3.83. The summed E-state index contributed by atoms with van der Waals surface area (Å²) >= 11 is 0. The van der Waals surface area contributed by atoms with Gasteiger partial charge < -0.3 is 38.2 Å². The molecular weight excluding hydrogens is 965 g/mol. The van der Waals surface area contributed by atoms with Gasteiger partial charge in [-0.25, -0.2) is 33.3 Å². The largest absolute Gasteiger partial charge is 0.497 e. The van der Waals surface area contributed by atoms with Crippen molar-refractivity contribution in [2.75, 3.05) is 61.8 Å². The second kappa shape index (κ2) is 21.1. The SMILES string of the molecule is COc1ccc(CN(Cc2ccc(OC)cc2)c2cc(C)cc(-c3nc4c5c(nc(OC[C@@]67CCCN6C[C@H](F)C7)nc5c3F)N(C(C)c3cccnc3N(C(=O)OC(C)(C)C)C(=O)OC(C)(C)C)CCO4)n2)cc1. The molecule has 0 saturated carbocycles. The lowest BCUT2D eigenvalue weighted by Crippen LogP contribution is -2.45. The van der Waals surface area contributed by atoms with Gasteiger partial charge in [-0.05, 0) is 134 Å². The number of anilines is 3. The van der Waals surface area contributed by atoms with E-state index in [1.165, 1.54) is 6.20 Å². The van der Waals surface area contributed by atoms with Gasteiger partial charge in [-0.2, -0.15) is 14.9 Å². The molecule has 0 radical (unpaired) electrons. The summed E-state index contributed by atoms with van der Waals surface area (Å²) in [4.78, 5) is 59.2. The monoisotopic (exact) mass is 1030 g/mol. The lowest BCUT2D eigenvalue weighted by Gasteiger charge is -2.33. The van der Waals surface area contributed by atoms with Gasteiger partial charge in [0.05, 0.1) is 38.0 Å². The zero-order valence-electron chi connectivity index (χ0n) is 44.3. The quantitative estimate of drug-likeness (QED) is 0.101. The molecule has 2 aromatic carbocycles. The highest BCUT2D eigenvalue weighted by molar-refractivity contribution is 6.09. The summed E-state index contributed by atoms with van der Waals surface area (Å²) in [6, 6.07) is 21.8. The van der Waals surface area contributed by atoms with Gasteiger partial charge in [-0.3, -0.25) is 4.90 Å². The number of pyridine rings is 3. The predicted molar refractivity (Wildman–Crippen MR) is 280 cm³/mol. The molecule has 3 atom stereocenters. The molecule has 1 unspecified atom stereocenters. The second-order valence-corrected chi connectivity index (χ2v) is 21.4. The van der Waals surface area contributed by atoms with E-state index in [1.54, 1.807) is 74.0 Å². The molecule has 6 aromatic rings. The van der Waals surface area contributed by atoms with Crippen LogP contribution in [0.25, 0.3) is 22.3 Å². The molecule has 7 heterocycles. The van der Waals surface area contributed by atoms with Gasteiger partial charge in [0, 0.05) is 37.8 Å². The molecule has 0 N–H and O–H groups in total. The zero-order chi connectivity index (χ0) is 53.4. The Kier molecular flexibility index (Phi) is 14.7. The molecule has 3 aliphatic rings. The number of imide groups is 1. The molecule has 19 heteroatoms. The first-order chi connectivity index (χ1) is 35.7. The van der Waals surface area contributed by atoms with Crippen LogP contribution in [-0.2, 0) is 22.6 Å². The lowest BCUT2D eigenvalue weighted by atomic mass is 9.95. The number of hydrogen-bond donors (Lipinski definition) is 0. The number of benzene rings is 2. The molecule has 2 fully saturated rings. The van der Waals surface area contributed by atoms with Crippen molar-refractivity contribution >= 4 is 40.5 Å². The number of methoxy groups -OCH3 is 2. The Morgan fingerprint density at radius 3 is 2.12 bits per heavy atom. The highest BCUT2D eigenvalue weighted by atomic mass is 19.1. The number of fused-ring (bicyclic) bond motifs is 1. The van der Waals surface area contributed by atoms with E-state index in [1.807, 2.05) is 73.3 Å². The van der Waals surface area contributed by atoms with Crippen molar-refractivity contribution in [1.82, 2.24) is 29.8 Å². The molecular formula is C56H65F2N9O8. The first kappa shape index (κ1) is 52.5. The van der Waals surface area contributed by atoms with Crippen molar-refractivity contribution < 1.29 is 46.8 Å². The third kappa shape index (κ3) is 11.5. The molecule has 4 aromatic heterocycles. The van der Waals surface area contributed by atoms with Gasteiger partial charge in [0.2, 0.25) is 5.88 Å². The van der Waals surface area contributed by atoms with Crippen LogP contribution in [-0.4, -0.2) is 112 Å². The molecule has 17 nitrogen and oxygen atoms in total. The summed E-state index contributed by atoms with van der Waals surface area (Å²) < 4.78 is 68.4. The van der Waals surface area contributed by atoms with E-state index in [-0.39, 0.29) is 65.6 Å². The van der Waals surface area contributed by atoms with E-state index < -0.39 is 47.0 Å². The molecule has 2 amide bonds. The molecule has 0 aliphatic carbocycles. The number of nitrogens with zero attached hydrogens (tertiary/aromatic N) is 9. The number of carbonyl (C=O) groups is 2. The van der Waals surface area contributed by atoms with Crippen LogP contribution in [0.15, 0.2) is 79.0 Å². The third-order valence-corrected chi connectivity index (χ3v) is 13.5. The summed E-state index contributed by atoms with van der Waals surface area (Å²) in [7, 11) is 3.25. The minimum atomic E-state index is -1.01. The van der Waals surface area contributed by atoms with Crippen LogP contribution in [0.4, 0.5) is 35.8 Å². The molecule has 9 rings (SSSR count). The van der Waals surface area contributed by atoms with Crippen LogP contribution in [0.1, 0.15) is 96.0 Å². The summed E-state index contributed by atoms with van der Waals surface area (Å²) in [6.07, 6.45) is 0.367. The van der Waals surface area contributed by atoms with Crippen LogP contribution in [0.2, 0.25) is 0 Å². The Labute approximate surface area is 436 Å². The summed E-state index contributed by atoms with van der Waals surface area (Å²) in [5.41, 5.74) is 0.649. The van der Waals surface area contributed by atoms with Gasteiger partial charge >= 0.3 is 18.2 Å². The summed E-state index contributed by atoms with van der Waals surface area (Å²) in [5.74, 6) is 1.45. The van der Waals surface area contributed by atoms with E-state index in [9.17, 15) is 9.59 Å². The van der Waals surface area contributed by atoms with Crippen molar-refractivity contribution in [2.45, 2.75) is 117 Å². The standard InChI is InChI=1S/C56H65F2N9O8/c1-34-27-42(60-43(28-34)64(30-36-14-18-39(70-9)19-15-36)31-37-16-20-40(71-10)21-17-37)46-45(58)47-44-49(63-51(62-47)73-33-56-22-12-24-65(56)32-38(57)29-56)66(25-26-72-50(44)61-46)35(2)41-13-11-23-59-48(41)67(52(68)74-54(3,4)5)53(69)75-55(6,7)8/h11,13-21,23,27-28,35,38H,12,22,24-26,29-33H2,1-10H3/t35?,38-,56+/m1/s1. The third-order valence-electron chi connectivity index (χ3n) is 13.5. The molecule has 0 bridgehead atoms. The number of halogens is 2. The minimum absolute atomic E-state index is 0.0431. The molecule has 396 valence electrons. The Morgan fingerprint density at radius 1 is 0.867 bits per heavy atom. The number of amides is 2. The molecule has 2 saturated heterocycles. The van der Waals surface area contributed by atoms with Crippen LogP contribution >= 0.6 is 0 Å². The van der Waals surface area contributed by atoms with Crippen molar-refractivity contribution in [3.8, 4) is 34.8 Å². The van der Waals surface area contributed by atoms with E-state index in [2.05, 4.69) is 14.8 Å². The number of aromatic nitrogens is 5. The molecule has 75 heavy (non-hydrogen) atoms. The first-order valence-electron chi connectivity index (χ1n) is 25.2. The van der Waals surface area contributed by atoms with Crippen molar-refractivity contribution in [3.63, 3.8) is 0 Å². The fraction of sp³-hybridized carbons (Fsp3) is 0.446. The highest BCUT2D eigenvalue weighted by Crippen LogP contribution is 2.45. The number of ether oxygens (including phenoxy) is 6. The van der Waals surface area contributed by atoms with Crippen LogP contribution in [0.3, 0.4) is 0 Å². The Morgan fingerprint density at radius 2 is 1.51 bits per heavy atom. The van der Waals surface area contributed by atoms with Crippen molar-refractivity contribution in [1.29, 1.82) is 0 Å². The van der Waals surface area contributed by atoms with Gasteiger partial charge in [0.25, 0.3) is 0 Å². The Balaban J connectivity index is 1.17. The lowest BCUT2D eigenvalue weighted by molar-refractivity contribution is 0.0428. The first-order valence-corrected chi connectivity index (χ1v) is 25.2. The van der Waals surface area contributed by atoms with E-state index in [4.69, 9.17) is 48.4 Å². The van der Waals surface area contributed by atoms with Gasteiger partial charge in [0.15, 0.2) is 11.6 Å². The molecule has 3 aliphatic heterocycles. The van der Waals surface area contributed by atoms with Gasteiger partial charge in [-0.15, -0.1) is 0 Å². The van der Waals surface area contributed by atoms with E-state index in [0.717, 1.165) is 52.5 Å². The summed E-state index contributed by atoms with van der Waals surface area (Å²) in [6.45, 7) is 16.1. The van der Waals surface area contributed by atoms with Crippen LogP contribution < -0.4 is 33.6 Å². The summed E-state index contributed by atoms with van der Waals surface area (Å²) in [5, 5.41) is 0.161. The average molecular weight is 1030 g/mol. The van der Waals surface area contributed by atoms with E-state index >= 15 is 8.78 Å². The smallest absolute Gasteiger partial charge is 0.425 e. The van der Waals surface area contributed by atoms with Crippen LogP contribution in [0, 0.1) is 12.7 Å². The Hall–Kier alpha value is -7.41. The number of hydrogen-bond acceptors (Lipinski definition) is 16. The molecule has 0 spiro atoms. The normalized spacial score (nSPS) is 17.9. The fourth-order valence-electron chi connectivity index (χ4n) is 10.0. The van der Waals surface area contributed by atoms with Crippen molar-refractivity contribution in [2.24, 2.45) is 0 Å². The maximum atomic E-state index is 18.0. The Bertz CT molecular complexity index is 2980. The number of aryl methyl sites for hydroxylation is 1. The van der Waals surface area contributed by atoms with Crippen molar-refractivity contribution in [3.05, 3.63) is 107 Å². The number of alkyl halides is 1. The second-order valence-electron chi connectivity index (χ2n) is 21.4. The number of carbonyl (C=O) groups excluding carboxylic acids is 2. The maximum absolute atomic E-state index is 18.0.